The van der Waals surface area contributed by atoms with E-state index in [2.05, 4.69) is 12.1 Å². The van der Waals surface area contributed by atoms with Gasteiger partial charge < -0.3 is 9.47 Å². The summed E-state index contributed by atoms with van der Waals surface area (Å²) < 4.78 is 11.2. The van der Waals surface area contributed by atoms with Crippen molar-refractivity contribution in [3.8, 4) is 11.5 Å². The first-order valence-electron chi connectivity index (χ1n) is 6.88. The summed E-state index contributed by atoms with van der Waals surface area (Å²) in [5.74, 6) is 1.60. The Balaban J connectivity index is 1.60. The molecule has 2 aromatic rings. The van der Waals surface area contributed by atoms with Gasteiger partial charge in [-0.25, -0.2) is 0 Å². The highest BCUT2D eigenvalue weighted by Gasteiger charge is 2.12. The molecular weight excluding hydrogens is 288 g/mol. The smallest absolute Gasteiger partial charge is 0.150 e. The molecule has 0 aromatic heterocycles. The zero-order valence-electron chi connectivity index (χ0n) is 11.5. The van der Waals surface area contributed by atoms with Crippen LogP contribution in [0.25, 0.3) is 0 Å². The molecule has 0 bridgehead atoms. The number of fused-ring (bicyclic) bond motifs is 1. The van der Waals surface area contributed by atoms with Crippen LogP contribution in [0.2, 0.25) is 5.02 Å². The van der Waals surface area contributed by atoms with Crippen LogP contribution >= 0.6 is 11.6 Å². The van der Waals surface area contributed by atoms with E-state index in [0.717, 1.165) is 31.5 Å². The Morgan fingerprint density at radius 3 is 2.95 bits per heavy atom. The van der Waals surface area contributed by atoms with Crippen LogP contribution in [0.4, 0.5) is 0 Å². The minimum Gasteiger partial charge on any atom is -0.493 e. The number of carbonyl (C=O) groups excluding carboxylic acids is 1. The third-order valence-corrected chi connectivity index (χ3v) is 3.79. The molecule has 0 fully saturated rings. The molecule has 0 aliphatic carbocycles. The van der Waals surface area contributed by atoms with Crippen LogP contribution in [0.1, 0.15) is 21.5 Å². The summed E-state index contributed by atoms with van der Waals surface area (Å²) in [6, 6.07) is 11.3. The Morgan fingerprint density at radius 2 is 2.14 bits per heavy atom. The molecule has 4 heteroatoms. The third-order valence-electron chi connectivity index (χ3n) is 3.49. The molecule has 0 atom stereocenters. The van der Waals surface area contributed by atoms with E-state index in [1.165, 1.54) is 11.1 Å². The number of hydrogen-bond acceptors (Lipinski definition) is 3. The molecule has 3 rings (SSSR count). The molecule has 0 radical (unpaired) electrons. The minimum absolute atomic E-state index is 0.460. The highest BCUT2D eigenvalue weighted by molar-refractivity contribution is 6.32. The third kappa shape index (κ3) is 3.19. The lowest BCUT2D eigenvalue weighted by atomic mass is 10.1. The van der Waals surface area contributed by atoms with Crippen molar-refractivity contribution in [3.63, 3.8) is 0 Å². The van der Waals surface area contributed by atoms with Crippen molar-refractivity contribution in [2.24, 2.45) is 0 Å². The molecule has 0 spiro atoms. The molecule has 2 aromatic carbocycles. The molecule has 108 valence electrons. The average Bonchev–Trinajstić information content (AvgIpc) is 2.96. The van der Waals surface area contributed by atoms with Gasteiger partial charge in [0.1, 0.15) is 17.8 Å². The number of ether oxygens (including phenoxy) is 2. The van der Waals surface area contributed by atoms with Crippen LogP contribution in [0.5, 0.6) is 11.5 Å². The molecule has 1 heterocycles. The fourth-order valence-corrected chi connectivity index (χ4v) is 2.63. The van der Waals surface area contributed by atoms with Gasteiger partial charge in [-0.2, -0.15) is 0 Å². The quantitative estimate of drug-likeness (QED) is 0.790. The number of rotatable bonds is 5. The van der Waals surface area contributed by atoms with Gasteiger partial charge in [-0.3, -0.25) is 4.79 Å². The van der Waals surface area contributed by atoms with Gasteiger partial charge in [0.2, 0.25) is 0 Å². The first kappa shape index (κ1) is 14.0. The fourth-order valence-electron chi connectivity index (χ4n) is 2.38. The van der Waals surface area contributed by atoms with Crippen LogP contribution in [0.15, 0.2) is 36.4 Å². The number of benzene rings is 2. The maximum absolute atomic E-state index is 10.7. The lowest BCUT2D eigenvalue weighted by Crippen LogP contribution is -2.02. The summed E-state index contributed by atoms with van der Waals surface area (Å²) in [6.45, 7) is 1.31. The lowest BCUT2D eigenvalue weighted by molar-refractivity contribution is 0.112. The zero-order chi connectivity index (χ0) is 14.7. The summed E-state index contributed by atoms with van der Waals surface area (Å²) in [7, 11) is 0. The van der Waals surface area contributed by atoms with Crippen molar-refractivity contribution in [2.45, 2.75) is 12.8 Å². The Labute approximate surface area is 128 Å². The molecule has 1 aliphatic heterocycles. The maximum atomic E-state index is 10.7. The van der Waals surface area contributed by atoms with Crippen LogP contribution in [-0.2, 0) is 12.8 Å². The van der Waals surface area contributed by atoms with E-state index in [0.29, 0.717) is 22.9 Å². The number of aldehydes is 1. The van der Waals surface area contributed by atoms with Gasteiger partial charge in [0.15, 0.2) is 0 Å². The minimum atomic E-state index is 0.460. The Morgan fingerprint density at radius 1 is 1.24 bits per heavy atom. The molecule has 1 aliphatic rings. The fraction of sp³-hybridized carbons (Fsp3) is 0.235. The normalized spacial score (nSPS) is 12.6. The summed E-state index contributed by atoms with van der Waals surface area (Å²) in [4.78, 5) is 10.7. The zero-order valence-corrected chi connectivity index (χ0v) is 12.2. The Hall–Kier alpha value is -2.00. The SMILES string of the molecule is O=Cc1ccc(OCCc2ccc3c(c2)CCO3)c(Cl)c1. The molecule has 0 saturated carbocycles. The molecule has 0 N–H and O–H groups in total. The summed E-state index contributed by atoms with van der Waals surface area (Å²) in [5, 5.41) is 0.460. The highest BCUT2D eigenvalue weighted by atomic mass is 35.5. The predicted molar refractivity (Wildman–Crippen MR) is 81.7 cm³/mol. The highest BCUT2D eigenvalue weighted by Crippen LogP contribution is 2.27. The predicted octanol–water partition coefficient (Wildman–Crippen LogP) is 3.71. The second-order valence-electron chi connectivity index (χ2n) is 4.95. The molecule has 0 unspecified atom stereocenters. The first-order chi connectivity index (χ1) is 10.3. The van der Waals surface area contributed by atoms with Gasteiger partial charge in [0.05, 0.1) is 18.2 Å². The van der Waals surface area contributed by atoms with E-state index in [4.69, 9.17) is 21.1 Å². The van der Waals surface area contributed by atoms with Crippen LogP contribution in [0.3, 0.4) is 0 Å². The van der Waals surface area contributed by atoms with Crippen molar-refractivity contribution in [2.75, 3.05) is 13.2 Å². The van der Waals surface area contributed by atoms with Crippen LogP contribution < -0.4 is 9.47 Å². The van der Waals surface area contributed by atoms with Crippen LogP contribution in [-0.4, -0.2) is 19.5 Å². The first-order valence-corrected chi connectivity index (χ1v) is 7.26. The van der Waals surface area contributed by atoms with Gasteiger partial charge >= 0.3 is 0 Å². The van der Waals surface area contributed by atoms with Crippen molar-refractivity contribution in [1.29, 1.82) is 0 Å². The molecule has 21 heavy (non-hydrogen) atoms. The largest absolute Gasteiger partial charge is 0.493 e. The van der Waals surface area contributed by atoms with E-state index in [9.17, 15) is 4.79 Å². The molecule has 3 nitrogen and oxygen atoms in total. The van der Waals surface area contributed by atoms with Gasteiger partial charge in [-0.05, 0) is 35.4 Å². The van der Waals surface area contributed by atoms with Gasteiger partial charge in [0, 0.05) is 18.4 Å². The summed E-state index contributed by atoms with van der Waals surface area (Å²) in [6.07, 6.45) is 2.55. The number of halogens is 1. The van der Waals surface area contributed by atoms with Gasteiger partial charge in [0.25, 0.3) is 0 Å². The van der Waals surface area contributed by atoms with Gasteiger partial charge in [-0.1, -0.05) is 23.7 Å². The number of hydrogen-bond donors (Lipinski definition) is 0. The summed E-state index contributed by atoms with van der Waals surface area (Å²) in [5.41, 5.74) is 3.03. The van der Waals surface area contributed by atoms with E-state index in [1.54, 1.807) is 18.2 Å². The second kappa shape index (κ2) is 6.19. The van der Waals surface area contributed by atoms with Crippen molar-refractivity contribution >= 4 is 17.9 Å². The van der Waals surface area contributed by atoms with E-state index in [-0.39, 0.29) is 0 Å². The second-order valence-corrected chi connectivity index (χ2v) is 5.35. The van der Waals surface area contributed by atoms with E-state index in [1.807, 2.05) is 6.07 Å². The monoisotopic (exact) mass is 302 g/mol. The molecule has 0 saturated heterocycles. The molecule has 0 amide bonds. The Kier molecular flexibility index (Phi) is 4.11. The number of carbonyl (C=O) groups is 1. The molecular formula is C17H15ClO3. The Bertz CT molecular complexity index is 667. The van der Waals surface area contributed by atoms with Gasteiger partial charge in [-0.15, -0.1) is 0 Å². The van der Waals surface area contributed by atoms with Crippen LogP contribution in [0, 0.1) is 0 Å². The lowest BCUT2D eigenvalue weighted by Gasteiger charge is -2.09. The maximum Gasteiger partial charge on any atom is 0.150 e. The average molecular weight is 303 g/mol. The van der Waals surface area contributed by atoms with Crippen molar-refractivity contribution < 1.29 is 14.3 Å². The van der Waals surface area contributed by atoms with Crippen molar-refractivity contribution in [1.82, 2.24) is 0 Å². The van der Waals surface area contributed by atoms with Crippen molar-refractivity contribution in [3.05, 3.63) is 58.1 Å². The van der Waals surface area contributed by atoms with E-state index >= 15 is 0 Å². The topological polar surface area (TPSA) is 35.5 Å². The standard InChI is InChI=1S/C17H15ClO3/c18-15-10-13(11-19)2-4-17(15)21-7-5-12-1-3-16-14(9-12)6-8-20-16/h1-4,9-11H,5-8H2. The van der Waals surface area contributed by atoms with E-state index < -0.39 is 0 Å². The summed E-state index contributed by atoms with van der Waals surface area (Å²) >= 11 is 6.07.